The lowest BCUT2D eigenvalue weighted by atomic mass is 10.1. The average molecular weight is 459 g/mol. The summed E-state index contributed by atoms with van der Waals surface area (Å²) < 4.78 is 21.8. The number of Topliss-reactive ketones (excluding diaryl/α,β-unsaturated/α-hetero) is 1. The largest absolute Gasteiger partial charge is 0.462 e. The first-order valence-electron chi connectivity index (χ1n) is 9.79. The van der Waals surface area contributed by atoms with Crippen molar-refractivity contribution in [3.8, 4) is 0 Å². The second kappa shape index (κ2) is 9.10. The standard InChI is InChI=1S/C21H21N3O9/c1-6-30-21(29)16-13(9(2)25)10(3)33-18(16)23-12(26)7-31-20(28)14-11(4)32-17-15(14)19(27)24(5)8-22-17/h8H,6-7H2,1-5H3,(H,23,26). The Hall–Kier alpha value is -4.22. The average Bonchev–Trinajstić information content (AvgIpc) is 3.25. The Labute approximate surface area is 186 Å². The van der Waals surface area contributed by atoms with Gasteiger partial charge in [0.25, 0.3) is 11.5 Å². The smallest absolute Gasteiger partial charge is 0.344 e. The summed E-state index contributed by atoms with van der Waals surface area (Å²) in [6.07, 6.45) is 1.25. The lowest BCUT2D eigenvalue weighted by Gasteiger charge is -2.07. The number of ketones is 1. The number of hydrogen-bond donors (Lipinski definition) is 1. The molecule has 0 aromatic carbocycles. The number of nitrogens with one attached hydrogen (secondary N) is 1. The zero-order chi connectivity index (χ0) is 24.4. The molecule has 1 N–H and O–H groups in total. The molecular weight excluding hydrogens is 438 g/mol. The molecule has 0 aliphatic heterocycles. The number of rotatable bonds is 7. The van der Waals surface area contributed by atoms with Gasteiger partial charge in [0, 0.05) is 7.05 Å². The van der Waals surface area contributed by atoms with Crippen LogP contribution < -0.4 is 10.9 Å². The zero-order valence-corrected chi connectivity index (χ0v) is 18.6. The van der Waals surface area contributed by atoms with E-state index < -0.39 is 35.8 Å². The summed E-state index contributed by atoms with van der Waals surface area (Å²) in [7, 11) is 1.46. The topological polar surface area (TPSA) is 160 Å². The van der Waals surface area contributed by atoms with Crippen molar-refractivity contribution in [2.75, 3.05) is 18.5 Å². The number of fused-ring (bicyclic) bond motifs is 1. The fraction of sp³-hybridized carbons (Fsp3) is 0.333. The minimum Gasteiger partial charge on any atom is -0.462 e. The second-order valence-electron chi connectivity index (χ2n) is 7.01. The molecular formula is C21H21N3O9. The van der Waals surface area contributed by atoms with Crippen LogP contribution in [0.5, 0.6) is 0 Å². The number of anilines is 1. The summed E-state index contributed by atoms with van der Waals surface area (Å²) in [5.74, 6) is -3.23. The SMILES string of the molecule is CCOC(=O)c1c(NC(=O)COC(=O)c2c(C)oc3ncn(C)c(=O)c23)oc(C)c1C(C)=O. The third-order valence-electron chi connectivity index (χ3n) is 4.66. The molecule has 12 heteroatoms. The van der Waals surface area contributed by atoms with E-state index in [2.05, 4.69) is 10.3 Å². The van der Waals surface area contributed by atoms with Gasteiger partial charge in [0.05, 0.1) is 12.2 Å². The quantitative estimate of drug-likeness (QED) is 0.408. The fourth-order valence-corrected chi connectivity index (χ4v) is 3.25. The van der Waals surface area contributed by atoms with E-state index in [9.17, 15) is 24.0 Å². The van der Waals surface area contributed by atoms with E-state index in [0.717, 1.165) is 0 Å². The number of ether oxygens (including phenoxy) is 2. The molecule has 0 atom stereocenters. The highest BCUT2D eigenvalue weighted by Gasteiger charge is 2.29. The monoisotopic (exact) mass is 459 g/mol. The maximum absolute atomic E-state index is 12.6. The van der Waals surface area contributed by atoms with Gasteiger partial charge in [0.2, 0.25) is 11.6 Å². The number of aryl methyl sites for hydroxylation is 3. The van der Waals surface area contributed by atoms with Crippen LogP contribution >= 0.6 is 0 Å². The van der Waals surface area contributed by atoms with Crippen LogP contribution in [0.25, 0.3) is 11.1 Å². The number of amides is 1. The summed E-state index contributed by atoms with van der Waals surface area (Å²) in [5, 5.41) is 2.23. The summed E-state index contributed by atoms with van der Waals surface area (Å²) in [6.45, 7) is 5.00. The lowest BCUT2D eigenvalue weighted by Crippen LogP contribution is -2.23. The molecule has 0 aliphatic carbocycles. The molecule has 0 saturated heterocycles. The summed E-state index contributed by atoms with van der Waals surface area (Å²) in [4.78, 5) is 65.6. The predicted octanol–water partition coefficient (Wildman–Crippen LogP) is 1.91. The molecule has 3 aromatic rings. The van der Waals surface area contributed by atoms with Crippen LogP contribution in [0.2, 0.25) is 0 Å². The van der Waals surface area contributed by atoms with Crippen molar-refractivity contribution in [1.82, 2.24) is 9.55 Å². The first-order chi connectivity index (χ1) is 15.6. The third kappa shape index (κ3) is 4.40. The number of furan rings is 2. The van der Waals surface area contributed by atoms with Gasteiger partial charge in [0.1, 0.15) is 34.4 Å². The summed E-state index contributed by atoms with van der Waals surface area (Å²) in [6, 6.07) is 0. The molecule has 174 valence electrons. The molecule has 0 unspecified atom stereocenters. The number of nitrogens with zero attached hydrogens (tertiary/aromatic N) is 2. The Morgan fingerprint density at radius 1 is 1.03 bits per heavy atom. The number of esters is 2. The number of carbonyl (C=O) groups is 4. The van der Waals surface area contributed by atoms with Crippen LogP contribution in [-0.4, -0.2) is 46.4 Å². The number of aromatic nitrogens is 2. The van der Waals surface area contributed by atoms with Crippen LogP contribution in [0, 0.1) is 13.8 Å². The highest BCUT2D eigenvalue weighted by Crippen LogP contribution is 2.28. The van der Waals surface area contributed by atoms with E-state index in [4.69, 9.17) is 18.3 Å². The maximum Gasteiger partial charge on any atom is 0.344 e. The maximum atomic E-state index is 12.6. The van der Waals surface area contributed by atoms with Gasteiger partial charge < -0.3 is 22.9 Å². The number of carbonyl (C=O) groups excluding carboxylic acids is 4. The highest BCUT2D eigenvalue weighted by molar-refractivity contribution is 6.11. The second-order valence-corrected chi connectivity index (χ2v) is 7.01. The Bertz CT molecular complexity index is 1340. The molecule has 0 radical (unpaired) electrons. The molecule has 3 heterocycles. The Kier molecular flexibility index (Phi) is 6.47. The van der Waals surface area contributed by atoms with E-state index in [-0.39, 0.29) is 51.8 Å². The Morgan fingerprint density at radius 3 is 2.30 bits per heavy atom. The number of hydrogen-bond acceptors (Lipinski definition) is 10. The van der Waals surface area contributed by atoms with E-state index in [0.29, 0.717) is 0 Å². The van der Waals surface area contributed by atoms with Crippen molar-refractivity contribution in [2.45, 2.75) is 27.7 Å². The van der Waals surface area contributed by atoms with Gasteiger partial charge in [-0.25, -0.2) is 14.6 Å². The first-order valence-corrected chi connectivity index (χ1v) is 9.79. The van der Waals surface area contributed by atoms with Crippen LogP contribution in [0.3, 0.4) is 0 Å². The molecule has 0 spiro atoms. The van der Waals surface area contributed by atoms with Gasteiger partial charge in [0.15, 0.2) is 12.4 Å². The van der Waals surface area contributed by atoms with Crippen LogP contribution in [0.4, 0.5) is 5.88 Å². The van der Waals surface area contributed by atoms with Gasteiger partial charge in [-0.15, -0.1) is 0 Å². The van der Waals surface area contributed by atoms with Crippen LogP contribution in [0.15, 0.2) is 20.0 Å². The van der Waals surface area contributed by atoms with Crippen molar-refractivity contribution in [2.24, 2.45) is 7.05 Å². The van der Waals surface area contributed by atoms with Crippen molar-refractivity contribution in [1.29, 1.82) is 0 Å². The van der Waals surface area contributed by atoms with E-state index in [1.54, 1.807) is 6.92 Å². The van der Waals surface area contributed by atoms with E-state index in [1.807, 2.05) is 0 Å². The van der Waals surface area contributed by atoms with Crippen molar-refractivity contribution >= 4 is 40.6 Å². The van der Waals surface area contributed by atoms with Crippen molar-refractivity contribution in [3.05, 3.63) is 44.9 Å². The molecule has 12 nitrogen and oxygen atoms in total. The molecule has 0 bridgehead atoms. The highest BCUT2D eigenvalue weighted by atomic mass is 16.5. The zero-order valence-electron chi connectivity index (χ0n) is 18.6. The Balaban J connectivity index is 1.81. The van der Waals surface area contributed by atoms with Gasteiger partial charge in [-0.2, -0.15) is 0 Å². The molecule has 0 aliphatic rings. The van der Waals surface area contributed by atoms with E-state index in [1.165, 1.54) is 38.7 Å². The summed E-state index contributed by atoms with van der Waals surface area (Å²) >= 11 is 0. The normalized spacial score (nSPS) is 10.8. The molecule has 3 aromatic heterocycles. The fourth-order valence-electron chi connectivity index (χ4n) is 3.25. The molecule has 1 amide bonds. The first kappa shape index (κ1) is 23.4. The molecule has 33 heavy (non-hydrogen) atoms. The van der Waals surface area contributed by atoms with Gasteiger partial charge in [-0.05, 0) is 27.7 Å². The minimum absolute atomic E-state index is 0.0235. The third-order valence-corrected chi connectivity index (χ3v) is 4.66. The van der Waals surface area contributed by atoms with Crippen molar-refractivity contribution < 1.29 is 37.5 Å². The summed E-state index contributed by atoms with van der Waals surface area (Å²) in [5.41, 5.74) is -0.951. The minimum atomic E-state index is -0.975. The van der Waals surface area contributed by atoms with E-state index >= 15 is 0 Å². The van der Waals surface area contributed by atoms with Crippen LogP contribution in [0.1, 0.15) is 56.4 Å². The molecule has 3 rings (SSSR count). The lowest BCUT2D eigenvalue weighted by molar-refractivity contribution is -0.119. The van der Waals surface area contributed by atoms with Crippen LogP contribution in [-0.2, 0) is 21.3 Å². The molecule has 0 fully saturated rings. The van der Waals surface area contributed by atoms with Gasteiger partial charge in [-0.3, -0.25) is 19.7 Å². The van der Waals surface area contributed by atoms with Gasteiger partial charge in [-0.1, -0.05) is 0 Å². The molecule has 0 saturated carbocycles. The van der Waals surface area contributed by atoms with Gasteiger partial charge >= 0.3 is 11.9 Å². The predicted molar refractivity (Wildman–Crippen MR) is 112 cm³/mol. The van der Waals surface area contributed by atoms with Crippen molar-refractivity contribution in [3.63, 3.8) is 0 Å². The Morgan fingerprint density at radius 2 is 1.67 bits per heavy atom.